The average Bonchev–Trinajstić information content (AvgIpc) is 2.54. The molecule has 0 N–H and O–H groups in total. The Labute approximate surface area is 142 Å². The second kappa shape index (κ2) is 17.7. The van der Waals surface area contributed by atoms with Crippen molar-refractivity contribution < 1.29 is 28.6 Å². The summed E-state index contributed by atoms with van der Waals surface area (Å²) in [6.07, 6.45) is 1.22. The maximum absolute atomic E-state index is 9.81. The van der Waals surface area contributed by atoms with Crippen molar-refractivity contribution in [3.8, 4) is 0 Å². The van der Waals surface area contributed by atoms with Crippen LogP contribution in [0.1, 0.15) is 40.5 Å². The Kier molecular flexibility index (Phi) is 18.9. The summed E-state index contributed by atoms with van der Waals surface area (Å²) in [5, 5.41) is 9.81. The van der Waals surface area contributed by atoms with Crippen LogP contribution >= 0.6 is 0 Å². The highest BCUT2D eigenvalue weighted by atomic mass is 16.5. The van der Waals surface area contributed by atoms with E-state index in [1.165, 1.54) is 37.1 Å². The third kappa shape index (κ3) is 16.0. The first-order valence-electron chi connectivity index (χ1n) is 8.71. The van der Waals surface area contributed by atoms with Gasteiger partial charge in [-0.3, -0.25) is 0 Å². The number of carbonyl (C=O) groups excluding carboxylic acids is 1. The molecule has 140 valence electrons. The van der Waals surface area contributed by atoms with Crippen molar-refractivity contribution in [3.05, 3.63) is 0 Å². The largest absolute Gasteiger partial charge is 0.550 e. The van der Waals surface area contributed by atoms with Crippen LogP contribution in [-0.2, 0) is 19.0 Å². The zero-order valence-corrected chi connectivity index (χ0v) is 15.8. The summed E-state index contributed by atoms with van der Waals surface area (Å²) in [7, 11) is 1.56. The molecule has 23 heavy (non-hydrogen) atoms. The molecule has 0 aliphatic rings. The maximum Gasteiger partial charge on any atom is 0.102 e. The molecule has 0 bridgehead atoms. The van der Waals surface area contributed by atoms with Crippen LogP contribution in [0.2, 0.25) is 0 Å². The molecule has 0 aliphatic heterocycles. The standard InChI is InChI=1S/C11H26NO.C6H12O4/c1-5-9-12(6-2,7-3)10-11-13-8-4;1-9-4-5-10-3-2-6(7)8/h5-11H2,1-4H3;2-5H2,1H3,(H,7,8)/q+1;/p-1. The summed E-state index contributed by atoms with van der Waals surface area (Å²) in [6.45, 7) is 16.7. The molecule has 0 aliphatic carbocycles. The lowest BCUT2D eigenvalue weighted by Gasteiger charge is -2.36. The molecule has 0 saturated heterocycles. The summed E-state index contributed by atoms with van der Waals surface area (Å²) in [4.78, 5) is 9.81. The van der Waals surface area contributed by atoms with Gasteiger partial charge < -0.3 is 28.6 Å². The molecule has 6 heteroatoms. The molecule has 0 rings (SSSR count). The number of rotatable bonds is 14. The van der Waals surface area contributed by atoms with Crippen LogP contribution in [0.4, 0.5) is 0 Å². The number of ether oxygens (including phenoxy) is 3. The van der Waals surface area contributed by atoms with E-state index in [0.29, 0.717) is 13.2 Å². The number of carboxylic acid groups (broad SMARTS) is 1. The number of hydrogen-bond donors (Lipinski definition) is 0. The molecule has 0 heterocycles. The van der Waals surface area contributed by atoms with Crippen molar-refractivity contribution in [2.75, 3.05) is 66.3 Å². The number of likely N-dealkylation sites (N-methyl/N-ethyl adjacent to an activating group) is 1. The Balaban J connectivity index is 0. The number of nitrogens with zero attached hydrogens (tertiary/aromatic N) is 1. The minimum absolute atomic E-state index is 0.0519. The van der Waals surface area contributed by atoms with Gasteiger partial charge in [0.05, 0.1) is 46.1 Å². The Bertz CT molecular complexity index is 257. The molecule has 0 amide bonds. The molecule has 0 unspecified atom stereocenters. The second-order valence-corrected chi connectivity index (χ2v) is 5.35. The molecule has 0 fully saturated rings. The number of carbonyl (C=O) groups is 1. The lowest BCUT2D eigenvalue weighted by Crippen LogP contribution is -2.50. The van der Waals surface area contributed by atoms with Crippen molar-refractivity contribution in [1.82, 2.24) is 0 Å². The van der Waals surface area contributed by atoms with Crippen LogP contribution in [0, 0.1) is 0 Å². The zero-order valence-electron chi connectivity index (χ0n) is 15.8. The highest BCUT2D eigenvalue weighted by Gasteiger charge is 2.20. The Morgan fingerprint density at radius 3 is 2.00 bits per heavy atom. The molecule has 0 aromatic carbocycles. The van der Waals surface area contributed by atoms with Gasteiger partial charge in [0.1, 0.15) is 6.54 Å². The predicted molar refractivity (Wildman–Crippen MR) is 90.2 cm³/mol. The molecule has 0 aromatic rings. The van der Waals surface area contributed by atoms with Gasteiger partial charge in [-0.15, -0.1) is 0 Å². The van der Waals surface area contributed by atoms with Crippen LogP contribution < -0.4 is 5.11 Å². The molecule has 0 spiro atoms. The monoisotopic (exact) mass is 335 g/mol. The number of carboxylic acids is 1. The third-order valence-electron chi connectivity index (χ3n) is 3.84. The van der Waals surface area contributed by atoms with E-state index in [1.807, 2.05) is 0 Å². The normalized spacial score (nSPS) is 11.0. The zero-order chi connectivity index (χ0) is 18.0. The maximum atomic E-state index is 9.81. The summed E-state index contributed by atoms with van der Waals surface area (Å²) >= 11 is 0. The molecular weight excluding hydrogens is 298 g/mol. The van der Waals surface area contributed by atoms with Gasteiger partial charge in [-0.25, -0.2) is 0 Å². The minimum Gasteiger partial charge on any atom is -0.550 e. The van der Waals surface area contributed by atoms with E-state index in [2.05, 4.69) is 32.4 Å². The van der Waals surface area contributed by atoms with Crippen molar-refractivity contribution in [2.45, 2.75) is 40.5 Å². The van der Waals surface area contributed by atoms with E-state index in [0.717, 1.165) is 13.2 Å². The molecule has 0 radical (unpaired) electrons. The van der Waals surface area contributed by atoms with Crippen LogP contribution in [0.5, 0.6) is 0 Å². The second-order valence-electron chi connectivity index (χ2n) is 5.35. The Hall–Kier alpha value is -0.690. The molecule has 0 saturated carbocycles. The van der Waals surface area contributed by atoms with Gasteiger partial charge in [-0.2, -0.15) is 0 Å². The lowest BCUT2D eigenvalue weighted by molar-refractivity contribution is -0.925. The van der Waals surface area contributed by atoms with E-state index in [1.54, 1.807) is 7.11 Å². The number of hydrogen-bond acceptors (Lipinski definition) is 5. The fourth-order valence-corrected chi connectivity index (χ4v) is 2.24. The van der Waals surface area contributed by atoms with E-state index < -0.39 is 5.97 Å². The fraction of sp³-hybridized carbons (Fsp3) is 0.941. The molecule has 0 aromatic heterocycles. The van der Waals surface area contributed by atoms with Gasteiger partial charge in [-0.05, 0) is 27.2 Å². The highest BCUT2D eigenvalue weighted by molar-refractivity contribution is 5.64. The topological polar surface area (TPSA) is 67.8 Å². The summed E-state index contributed by atoms with van der Waals surface area (Å²) < 4.78 is 16.1. The molecule has 6 nitrogen and oxygen atoms in total. The SMILES string of the molecule is CCC[N+](CC)(CC)CCOCC.COCCOCCC(=O)[O-]. The van der Waals surface area contributed by atoms with Crippen molar-refractivity contribution in [2.24, 2.45) is 0 Å². The molecule has 0 atom stereocenters. The summed E-state index contributed by atoms with van der Waals surface area (Å²) in [5.74, 6) is -1.09. The van der Waals surface area contributed by atoms with E-state index >= 15 is 0 Å². The van der Waals surface area contributed by atoms with E-state index in [9.17, 15) is 9.90 Å². The quantitative estimate of drug-likeness (QED) is 0.351. The van der Waals surface area contributed by atoms with Crippen LogP contribution in [0.25, 0.3) is 0 Å². The first-order valence-corrected chi connectivity index (χ1v) is 8.71. The fourth-order valence-electron chi connectivity index (χ4n) is 2.24. The van der Waals surface area contributed by atoms with Crippen molar-refractivity contribution >= 4 is 5.97 Å². The number of aliphatic carboxylic acids is 1. The Morgan fingerprint density at radius 2 is 1.57 bits per heavy atom. The number of quaternary nitrogens is 1. The highest BCUT2D eigenvalue weighted by Crippen LogP contribution is 2.07. The summed E-state index contributed by atoms with van der Waals surface area (Å²) in [6, 6.07) is 0. The van der Waals surface area contributed by atoms with Gasteiger partial charge in [0.2, 0.25) is 0 Å². The van der Waals surface area contributed by atoms with Gasteiger partial charge in [0.15, 0.2) is 0 Å². The third-order valence-corrected chi connectivity index (χ3v) is 3.84. The van der Waals surface area contributed by atoms with E-state index in [4.69, 9.17) is 9.47 Å². The van der Waals surface area contributed by atoms with Crippen LogP contribution in [0.3, 0.4) is 0 Å². The average molecular weight is 335 g/mol. The van der Waals surface area contributed by atoms with Gasteiger partial charge in [-0.1, -0.05) is 6.92 Å². The molecular formula is C17H37NO5. The number of methoxy groups -OCH3 is 1. The lowest BCUT2D eigenvalue weighted by atomic mass is 10.3. The van der Waals surface area contributed by atoms with Crippen LogP contribution in [0.15, 0.2) is 0 Å². The van der Waals surface area contributed by atoms with E-state index in [-0.39, 0.29) is 13.0 Å². The van der Waals surface area contributed by atoms with Gasteiger partial charge in [0.25, 0.3) is 0 Å². The van der Waals surface area contributed by atoms with Gasteiger partial charge in [0, 0.05) is 26.1 Å². The summed E-state index contributed by atoms with van der Waals surface area (Å²) in [5.41, 5.74) is 0. The first kappa shape index (κ1) is 24.6. The van der Waals surface area contributed by atoms with Crippen LogP contribution in [-0.4, -0.2) is 76.8 Å². The Morgan fingerprint density at radius 1 is 0.913 bits per heavy atom. The van der Waals surface area contributed by atoms with Gasteiger partial charge >= 0.3 is 0 Å². The smallest absolute Gasteiger partial charge is 0.102 e. The minimum atomic E-state index is -1.09. The van der Waals surface area contributed by atoms with Crippen molar-refractivity contribution in [1.29, 1.82) is 0 Å². The predicted octanol–water partition coefficient (Wildman–Crippen LogP) is 1.08. The van der Waals surface area contributed by atoms with Crippen molar-refractivity contribution in [3.63, 3.8) is 0 Å². The first-order chi connectivity index (χ1) is 11.0.